The molecule has 0 aromatic heterocycles. The van der Waals surface area contributed by atoms with Crippen molar-refractivity contribution in [3.63, 3.8) is 0 Å². The van der Waals surface area contributed by atoms with Gasteiger partial charge < -0.3 is 15.1 Å². The summed E-state index contributed by atoms with van der Waals surface area (Å²) in [6.45, 7) is 7.66. The molecule has 1 fully saturated rings. The molecule has 2 atom stereocenters. The molecular weight excluding hydrogens is 218 g/mol. The first-order valence-corrected chi connectivity index (χ1v) is 6.66. The highest BCUT2D eigenvalue weighted by Crippen LogP contribution is 2.19. The average Bonchev–Trinajstić information content (AvgIpc) is 2.60. The number of thiocarbonyl (C=S) groups is 1. The van der Waals surface area contributed by atoms with Crippen molar-refractivity contribution in [3.8, 4) is 0 Å². The molecule has 16 heavy (non-hydrogen) atoms. The summed E-state index contributed by atoms with van der Waals surface area (Å²) in [5, 5.41) is 4.28. The van der Waals surface area contributed by atoms with Crippen molar-refractivity contribution >= 4 is 17.3 Å². The van der Waals surface area contributed by atoms with Crippen LogP contribution in [-0.4, -0.2) is 54.7 Å². The van der Waals surface area contributed by atoms with Gasteiger partial charge in [0.05, 0.1) is 0 Å². The molecule has 1 N–H and O–H groups in total. The second kappa shape index (κ2) is 6.40. The molecule has 4 heteroatoms. The van der Waals surface area contributed by atoms with Gasteiger partial charge in [-0.05, 0) is 38.7 Å². The molecule has 0 radical (unpaired) electrons. The van der Waals surface area contributed by atoms with Crippen molar-refractivity contribution in [2.24, 2.45) is 5.92 Å². The Bertz CT molecular complexity index is 230. The van der Waals surface area contributed by atoms with Crippen LogP contribution < -0.4 is 5.32 Å². The van der Waals surface area contributed by atoms with Gasteiger partial charge in [0, 0.05) is 25.7 Å². The fourth-order valence-corrected chi connectivity index (χ4v) is 2.52. The first-order valence-electron chi connectivity index (χ1n) is 6.25. The maximum Gasteiger partial charge on any atom is 0.168 e. The number of likely N-dealkylation sites (N-methyl/N-ethyl adjacent to an activating group) is 1. The summed E-state index contributed by atoms with van der Waals surface area (Å²) >= 11 is 5.42. The lowest BCUT2D eigenvalue weighted by Crippen LogP contribution is -2.40. The van der Waals surface area contributed by atoms with E-state index >= 15 is 0 Å². The standard InChI is InChI=1S/C12H25N3S/c1-5-6-7-13-12(16)15-8-10(2)11(9-15)14(3)4/h10-11H,5-9H2,1-4H3,(H,13,16). The number of nitrogens with zero attached hydrogens (tertiary/aromatic N) is 2. The quantitative estimate of drug-likeness (QED) is 0.596. The SMILES string of the molecule is CCCCNC(=S)N1CC(C)C(N(C)C)C1. The Labute approximate surface area is 105 Å². The number of rotatable bonds is 4. The molecule has 94 valence electrons. The van der Waals surface area contributed by atoms with E-state index < -0.39 is 0 Å². The predicted molar refractivity (Wildman–Crippen MR) is 73.7 cm³/mol. The number of unbranched alkanes of at least 4 members (excludes halogenated alkanes) is 1. The average molecular weight is 243 g/mol. The molecule has 1 aliphatic rings. The van der Waals surface area contributed by atoms with E-state index in [1.165, 1.54) is 12.8 Å². The van der Waals surface area contributed by atoms with E-state index in [1.807, 2.05) is 0 Å². The third-order valence-corrected chi connectivity index (χ3v) is 3.73. The van der Waals surface area contributed by atoms with Crippen LogP contribution in [0, 0.1) is 5.92 Å². The molecule has 3 nitrogen and oxygen atoms in total. The van der Waals surface area contributed by atoms with Gasteiger partial charge in [0.1, 0.15) is 0 Å². The Balaban J connectivity index is 2.36. The van der Waals surface area contributed by atoms with Crippen LogP contribution in [0.5, 0.6) is 0 Å². The van der Waals surface area contributed by atoms with Gasteiger partial charge in [-0.2, -0.15) is 0 Å². The largest absolute Gasteiger partial charge is 0.363 e. The molecule has 0 saturated carbocycles. The lowest BCUT2D eigenvalue weighted by Gasteiger charge is -2.23. The van der Waals surface area contributed by atoms with Gasteiger partial charge in [-0.25, -0.2) is 0 Å². The first-order chi connectivity index (χ1) is 7.56. The third-order valence-electron chi connectivity index (χ3n) is 3.33. The smallest absolute Gasteiger partial charge is 0.168 e. The molecule has 0 aliphatic carbocycles. The van der Waals surface area contributed by atoms with Crippen molar-refractivity contribution in [1.29, 1.82) is 0 Å². The van der Waals surface area contributed by atoms with E-state index in [9.17, 15) is 0 Å². The van der Waals surface area contributed by atoms with Crippen LogP contribution in [0.4, 0.5) is 0 Å². The van der Waals surface area contributed by atoms with Gasteiger partial charge in [0.2, 0.25) is 0 Å². The van der Waals surface area contributed by atoms with Gasteiger partial charge in [-0.15, -0.1) is 0 Å². The first kappa shape index (κ1) is 13.7. The van der Waals surface area contributed by atoms with Crippen LogP contribution in [0.1, 0.15) is 26.7 Å². The van der Waals surface area contributed by atoms with Crippen LogP contribution in [0.2, 0.25) is 0 Å². The molecule has 1 saturated heterocycles. The molecule has 2 unspecified atom stereocenters. The Morgan fingerprint density at radius 1 is 1.44 bits per heavy atom. The Morgan fingerprint density at radius 2 is 2.12 bits per heavy atom. The van der Waals surface area contributed by atoms with Gasteiger partial charge in [-0.1, -0.05) is 20.3 Å². The summed E-state index contributed by atoms with van der Waals surface area (Å²) in [5.74, 6) is 0.695. The van der Waals surface area contributed by atoms with E-state index in [4.69, 9.17) is 12.2 Å². The van der Waals surface area contributed by atoms with E-state index in [0.717, 1.165) is 24.7 Å². The van der Waals surface area contributed by atoms with Crippen LogP contribution in [0.3, 0.4) is 0 Å². The fourth-order valence-electron chi connectivity index (χ4n) is 2.27. The molecule has 1 aliphatic heterocycles. The van der Waals surface area contributed by atoms with Crippen molar-refractivity contribution in [1.82, 2.24) is 15.1 Å². The van der Waals surface area contributed by atoms with Crippen LogP contribution in [0.15, 0.2) is 0 Å². The van der Waals surface area contributed by atoms with Crippen LogP contribution in [-0.2, 0) is 0 Å². The van der Waals surface area contributed by atoms with Crippen LogP contribution in [0.25, 0.3) is 0 Å². The highest BCUT2D eigenvalue weighted by Gasteiger charge is 2.31. The van der Waals surface area contributed by atoms with Crippen LogP contribution >= 0.6 is 12.2 Å². The van der Waals surface area contributed by atoms with E-state index in [0.29, 0.717) is 12.0 Å². The predicted octanol–water partition coefficient (Wildman–Crippen LogP) is 1.54. The summed E-state index contributed by atoms with van der Waals surface area (Å²) in [5.41, 5.74) is 0. The van der Waals surface area contributed by atoms with Crippen molar-refractivity contribution in [2.75, 3.05) is 33.7 Å². The van der Waals surface area contributed by atoms with E-state index in [2.05, 4.69) is 43.1 Å². The number of hydrogen-bond donors (Lipinski definition) is 1. The highest BCUT2D eigenvalue weighted by molar-refractivity contribution is 7.80. The monoisotopic (exact) mass is 243 g/mol. The Hall–Kier alpha value is -0.350. The number of nitrogens with one attached hydrogen (secondary N) is 1. The van der Waals surface area contributed by atoms with Gasteiger partial charge in [0.15, 0.2) is 5.11 Å². The Kier molecular flexibility index (Phi) is 5.49. The van der Waals surface area contributed by atoms with Crippen molar-refractivity contribution < 1.29 is 0 Å². The Morgan fingerprint density at radius 3 is 2.62 bits per heavy atom. The number of hydrogen-bond acceptors (Lipinski definition) is 2. The maximum absolute atomic E-state index is 5.42. The van der Waals surface area contributed by atoms with Gasteiger partial charge >= 0.3 is 0 Å². The van der Waals surface area contributed by atoms with E-state index in [-0.39, 0.29) is 0 Å². The van der Waals surface area contributed by atoms with Gasteiger partial charge in [0.25, 0.3) is 0 Å². The highest BCUT2D eigenvalue weighted by atomic mass is 32.1. The molecule has 1 heterocycles. The summed E-state index contributed by atoms with van der Waals surface area (Å²) in [6.07, 6.45) is 2.41. The zero-order chi connectivity index (χ0) is 12.1. The summed E-state index contributed by atoms with van der Waals surface area (Å²) < 4.78 is 0. The zero-order valence-corrected chi connectivity index (χ0v) is 11.8. The molecule has 0 bridgehead atoms. The van der Waals surface area contributed by atoms with Gasteiger partial charge in [-0.3, -0.25) is 0 Å². The lowest BCUT2D eigenvalue weighted by molar-refractivity contribution is 0.262. The second-order valence-electron chi connectivity index (χ2n) is 5.00. The number of likely N-dealkylation sites (tertiary alicyclic amines) is 1. The molecular formula is C12H25N3S. The molecule has 0 aromatic rings. The summed E-state index contributed by atoms with van der Waals surface area (Å²) in [7, 11) is 4.30. The summed E-state index contributed by atoms with van der Waals surface area (Å²) in [4.78, 5) is 4.61. The van der Waals surface area contributed by atoms with Crippen molar-refractivity contribution in [2.45, 2.75) is 32.7 Å². The summed E-state index contributed by atoms with van der Waals surface area (Å²) in [6, 6.07) is 0.630. The molecule has 0 spiro atoms. The maximum atomic E-state index is 5.42. The minimum absolute atomic E-state index is 0.630. The third kappa shape index (κ3) is 3.59. The minimum atomic E-state index is 0.630. The molecule has 0 aromatic carbocycles. The van der Waals surface area contributed by atoms with E-state index in [1.54, 1.807) is 0 Å². The lowest BCUT2D eigenvalue weighted by atomic mass is 10.1. The topological polar surface area (TPSA) is 18.5 Å². The minimum Gasteiger partial charge on any atom is -0.363 e. The molecule has 0 amide bonds. The molecule has 1 rings (SSSR count). The zero-order valence-electron chi connectivity index (χ0n) is 11.0. The van der Waals surface area contributed by atoms with Crippen molar-refractivity contribution in [3.05, 3.63) is 0 Å². The fraction of sp³-hybridized carbons (Fsp3) is 0.917. The second-order valence-corrected chi connectivity index (χ2v) is 5.39. The normalized spacial score (nSPS) is 25.2.